The summed E-state index contributed by atoms with van der Waals surface area (Å²) < 4.78 is 0. The van der Waals surface area contributed by atoms with Crippen LogP contribution >= 0.6 is 12.4 Å². The zero-order chi connectivity index (χ0) is 11.4. The molecular formula is C11H14ClNO3. The number of aliphatic carboxylic acids is 1. The van der Waals surface area contributed by atoms with Crippen molar-refractivity contribution in [2.24, 2.45) is 5.73 Å². The van der Waals surface area contributed by atoms with Gasteiger partial charge in [0.05, 0.1) is 0 Å². The second kappa shape index (κ2) is 6.25. The van der Waals surface area contributed by atoms with Gasteiger partial charge >= 0.3 is 5.97 Å². The SMILES string of the molecule is Cc1ccc(C(=O)C[C@@H](N)C(=O)O)cc1.Cl. The van der Waals surface area contributed by atoms with Gasteiger partial charge in [-0.05, 0) is 6.92 Å². The lowest BCUT2D eigenvalue weighted by molar-refractivity contribution is -0.138. The molecule has 5 heteroatoms. The van der Waals surface area contributed by atoms with Crippen molar-refractivity contribution in [2.75, 3.05) is 0 Å². The maximum absolute atomic E-state index is 11.5. The molecule has 0 aliphatic rings. The number of rotatable bonds is 4. The number of Topliss-reactive ketones (excluding diaryl/α,β-unsaturated/α-hetero) is 1. The van der Waals surface area contributed by atoms with E-state index in [0.717, 1.165) is 5.56 Å². The molecule has 0 saturated carbocycles. The highest BCUT2D eigenvalue weighted by atomic mass is 35.5. The molecule has 0 aromatic heterocycles. The summed E-state index contributed by atoms with van der Waals surface area (Å²) in [4.78, 5) is 22.0. The molecule has 4 nitrogen and oxygen atoms in total. The number of carboxylic acid groups (broad SMARTS) is 1. The number of benzene rings is 1. The molecule has 3 N–H and O–H groups in total. The minimum Gasteiger partial charge on any atom is -0.480 e. The van der Waals surface area contributed by atoms with Crippen LogP contribution in [0.25, 0.3) is 0 Å². The third kappa shape index (κ3) is 4.00. The molecule has 88 valence electrons. The summed E-state index contributed by atoms with van der Waals surface area (Å²) in [5.74, 6) is -1.40. The molecule has 0 bridgehead atoms. The summed E-state index contributed by atoms with van der Waals surface area (Å²) in [7, 11) is 0. The van der Waals surface area contributed by atoms with Gasteiger partial charge in [-0.25, -0.2) is 0 Å². The normalized spacial score (nSPS) is 11.4. The first-order chi connectivity index (χ1) is 7.00. The summed E-state index contributed by atoms with van der Waals surface area (Å²) in [5, 5.41) is 8.54. The summed E-state index contributed by atoms with van der Waals surface area (Å²) in [6, 6.07) is 5.83. The molecule has 0 saturated heterocycles. The van der Waals surface area contributed by atoms with Gasteiger partial charge in [-0.3, -0.25) is 9.59 Å². The number of hydrogen-bond acceptors (Lipinski definition) is 3. The zero-order valence-electron chi connectivity index (χ0n) is 8.84. The highest BCUT2D eigenvalue weighted by Crippen LogP contribution is 2.07. The first kappa shape index (κ1) is 14.6. The lowest BCUT2D eigenvalue weighted by Gasteiger charge is -2.05. The maximum Gasteiger partial charge on any atom is 0.320 e. The average Bonchev–Trinajstić information content (AvgIpc) is 2.18. The van der Waals surface area contributed by atoms with Gasteiger partial charge < -0.3 is 10.8 Å². The molecule has 1 aromatic rings. The molecule has 0 fully saturated rings. The molecule has 0 unspecified atom stereocenters. The van der Waals surface area contributed by atoms with Gasteiger partial charge in [-0.15, -0.1) is 12.4 Å². The molecular weight excluding hydrogens is 230 g/mol. The Labute approximate surface area is 99.9 Å². The minimum absolute atomic E-state index is 0. The predicted octanol–water partition coefficient (Wildman–Crippen LogP) is 1.40. The molecule has 1 aromatic carbocycles. The molecule has 0 spiro atoms. The van der Waals surface area contributed by atoms with Gasteiger partial charge in [0.15, 0.2) is 5.78 Å². The van der Waals surface area contributed by atoms with E-state index in [1.54, 1.807) is 24.3 Å². The lowest BCUT2D eigenvalue weighted by atomic mass is 10.0. The number of halogens is 1. The number of hydrogen-bond donors (Lipinski definition) is 2. The van der Waals surface area contributed by atoms with E-state index >= 15 is 0 Å². The molecule has 0 aliphatic heterocycles. The molecule has 1 rings (SSSR count). The monoisotopic (exact) mass is 243 g/mol. The van der Waals surface area contributed by atoms with E-state index < -0.39 is 12.0 Å². The van der Waals surface area contributed by atoms with Crippen LogP contribution in [-0.2, 0) is 4.79 Å². The number of carboxylic acids is 1. The minimum atomic E-state index is -1.16. The number of aryl methyl sites for hydroxylation is 1. The maximum atomic E-state index is 11.5. The third-order valence-corrected chi connectivity index (χ3v) is 2.10. The van der Waals surface area contributed by atoms with E-state index in [2.05, 4.69) is 0 Å². The smallest absolute Gasteiger partial charge is 0.320 e. The third-order valence-electron chi connectivity index (χ3n) is 2.10. The lowest BCUT2D eigenvalue weighted by Crippen LogP contribution is -2.32. The number of ketones is 1. The molecule has 1 atom stereocenters. The van der Waals surface area contributed by atoms with Gasteiger partial charge in [0.2, 0.25) is 0 Å². The Morgan fingerprint density at radius 1 is 1.31 bits per heavy atom. The Kier molecular flexibility index (Phi) is 5.71. The largest absolute Gasteiger partial charge is 0.480 e. The predicted molar refractivity (Wildman–Crippen MR) is 63.0 cm³/mol. The molecule has 0 amide bonds. The first-order valence-corrected chi connectivity index (χ1v) is 4.59. The standard InChI is InChI=1S/C11H13NO3.ClH/c1-7-2-4-8(5-3-7)10(13)6-9(12)11(14)15;/h2-5,9H,6,12H2,1H3,(H,14,15);1H/t9-;/m1./s1. The van der Waals surface area contributed by atoms with Gasteiger partial charge in [0.1, 0.15) is 6.04 Å². The Morgan fingerprint density at radius 2 is 1.81 bits per heavy atom. The van der Waals surface area contributed by atoms with Crippen molar-refractivity contribution in [1.29, 1.82) is 0 Å². The van der Waals surface area contributed by atoms with Gasteiger partial charge in [0, 0.05) is 12.0 Å². The Bertz CT molecular complexity index is 375. The van der Waals surface area contributed by atoms with E-state index in [1.165, 1.54) is 0 Å². The topological polar surface area (TPSA) is 80.4 Å². The van der Waals surface area contributed by atoms with Crippen LogP contribution in [0.3, 0.4) is 0 Å². The summed E-state index contributed by atoms with van der Waals surface area (Å²) in [6.45, 7) is 1.91. The van der Waals surface area contributed by atoms with E-state index in [-0.39, 0.29) is 24.6 Å². The van der Waals surface area contributed by atoms with Crippen LogP contribution in [0.15, 0.2) is 24.3 Å². The van der Waals surface area contributed by atoms with Gasteiger partial charge in [0.25, 0.3) is 0 Å². The summed E-state index contributed by atoms with van der Waals surface area (Å²) >= 11 is 0. The Hall–Kier alpha value is -1.39. The fourth-order valence-electron chi connectivity index (χ4n) is 1.14. The van der Waals surface area contributed by atoms with Crippen molar-refractivity contribution in [3.63, 3.8) is 0 Å². The highest BCUT2D eigenvalue weighted by Gasteiger charge is 2.17. The quantitative estimate of drug-likeness (QED) is 0.784. The molecule has 16 heavy (non-hydrogen) atoms. The van der Waals surface area contributed by atoms with Crippen LogP contribution < -0.4 is 5.73 Å². The first-order valence-electron chi connectivity index (χ1n) is 4.59. The van der Waals surface area contributed by atoms with E-state index in [1.807, 2.05) is 6.92 Å². The Balaban J connectivity index is 0.00000225. The van der Waals surface area contributed by atoms with Crippen molar-refractivity contribution in [1.82, 2.24) is 0 Å². The second-order valence-electron chi connectivity index (χ2n) is 3.44. The zero-order valence-corrected chi connectivity index (χ0v) is 9.66. The van der Waals surface area contributed by atoms with Gasteiger partial charge in [-0.2, -0.15) is 0 Å². The second-order valence-corrected chi connectivity index (χ2v) is 3.44. The van der Waals surface area contributed by atoms with Crippen LogP contribution in [0, 0.1) is 6.92 Å². The fraction of sp³-hybridized carbons (Fsp3) is 0.273. The van der Waals surface area contributed by atoms with Crippen molar-refractivity contribution in [3.05, 3.63) is 35.4 Å². The van der Waals surface area contributed by atoms with Gasteiger partial charge in [-0.1, -0.05) is 29.8 Å². The van der Waals surface area contributed by atoms with Crippen LogP contribution in [0.5, 0.6) is 0 Å². The molecule has 0 aliphatic carbocycles. The highest BCUT2D eigenvalue weighted by molar-refractivity contribution is 5.98. The van der Waals surface area contributed by atoms with E-state index in [9.17, 15) is 9.59 Å². The van der Waals surface area contributed by atoms with Crippen molar-refractivity contribution < 1.29 is 14.7 Å². The van der Waals surface area contributed by atoms with Crippen LogP contribution in [0.4, 0.5) is 0 Å². The number of carbonyl (C=O) groups excluding carboxylic acids is 1. The number of nitrogens with two attached hydrogens (primary N) is 1. The van der Waals surface area contributed by atoms with Crippen molar-refractivity contribution in [2.45, 2.75) is 19.4 Å². The summed E-state index contributed by atoms with van der Waals surface area (Å²) in [6.07, 6.45) is -0.168. The fourth-order valence-corrected chi connectivity index (χ4v) is 1.14. The van der Waals surface area contributed by atoms with Crippen molar-refractivity contribution in [3.8, 4) is 0 Å². The Morgan fingerprint density at radius 3 is 2.25 bits per heavy atom. The van der Waals surface area contributed by atoms with Crippen LogP contribution in [0.2, 0.25) is 0 Å². The molecule has 0 heterocycles. The number of carbonyl (C=O) groups is 2. The van der Waals surface area contributed by atoms with E-state index in [0.29, 0.717) is 5.56 Å². The van der Waals surface area contributed by atoms with E-state index in [4.69, 9.17) is 10.8 Å². The van der Waals surface area contributed by atoms with Crippen LogP contribution in [0.1, 0.15) is 22.3 Å². The van der Waals surface area contributed by atoms with Crippen molar-refractivity contribution >= 4 is 24.2 Å². The average molecular weight is 244 g/mol. The molecule has 0 radical (unpaired) electrons. The van der Waals surface area contributed by atoms with Crippen LogP contribution in [-0.4, -0.2) is 22.9 Å². The summed E-state index contributed by atoms with van der Waals surface area (Å²) in [5.41, 5.74) is 6.81.